The van der Waals surface area contributed by atoms with Gasteiger partial charge in [0.25, 0.3) is 0 Å². The molecule has 2 atom stereocenters. The standard InChI is InChI=1S/C19H31F2N3S/c1-13(12-17(21)7-5-6-14(2)20)19(15(3)22)25-16(4)24-18-8-10-23-11-9-18/h5-7,13-14,18,23-24H,4,8-12,22H2,1-3H3/b6-5-,17-7+,19-15+. The Labute approximate surface area is 154 Å². The molecule has 142 valence electrons. The Bertz CT molecular complexity index is 517. The molecule has 0 spiro atoms. The number of alkyl halides is 1. The molecule has 3 nitrogen and oxygen atoms in total. The number of piperidine rings is 1. The fourth-order valence-corrected chi connectivity index (χ4v) is 3.63. The Kier molecular flexibility index (Phi) is 9.90. The summed E-state index contributed by atoms with van der Waals surface area (Å²) in [6.45, 7) is 11.3. The summed E-state index contributed by atoms with van der Waals surface area (Å²) in [5, 5.41) is 7.61. The van der Waals surface area contributed by atoms with E-state index in [0.717, 1.165) is 35.9 Å². The second-order valence-electron chi connectivity index (χ2n) is 6.52. The maximum atomic E-state index is 14.0. The summed E-state index contributed by atoms with van der Waals surface area (Å²) in [6, 6.07) is 0.417. The van der Waals surface area contributed by atoms with E-state index in [1.807, 2.05) is 13.8 Å². The van der Waals surface area contributed by atoms with Crippen molar-refractivity contribution in [3.05, 3.63) is 46.3 Å². The van der Waals surface area contributed by atoms with Crippen molar-refractivity contribution in [1.82, 2.24) is 10.6 Å². The van der Waals surface area contributed by atoms with Crippen molar-refractivity contribution in [3.63, 3.8) is 0 Å². The number of nitrogens with two attached hydrogens (primary N) is 1. The van der Waals surface area contributed by atoms with E-state index in [9.17, 15) is 8.78 Å². The molecule has 1 rings (SSSR count). The summed E-state index contributed by atoms with van der Waals surface area (Å²) < 4.78 is 26.7. The summed E-state index contributed by atoms with van der Waals surface area (Å²) in [4.78, 5) is 0.915. The molecule has 1 fully saturated rings. The van der Waals surface area contributed by atoms with Crippen LogP contribution >= 0.6 is 11.8 Å². The van der Waals surface area contributed by atoms with Gasteiger partial charge in [-0.15, -0.1) is 0 Å². The number of rotatable bonds is 9. The Hall–Kier alpha value is -1.27. The van der Waals surface area contributed by atoms with Crippen LogP contribution < -0.4 is 16.4 Å². The molecular weight excluding hydrogens is 340 g/mol. The topological polar surface area (TPSA) is 50.1 Å². The molecule has 0 bridgehead atoms. The van der Waals surface area contributed by atoms with E-state index in [1.165, 1.54) is 36.9 Å². The van der Waals surface area contributed by atoms with E-state index < -0.39 is 6.17 Å². The zero-order chi connectivity index (χ0) is 18.8. The summed E-state index contributed by atoms with van der Waals surface area (Å²) in [5.41, 5.74) is 6.68. The SMILES string of the molecule is C=C(NC1CCNCC1)S/C(=C(\C)N)C(C)C/C(F)=C\C=C/C(C)F. The predicted octanol–water partition coefficient (Wildman–Crippen LogP) is 4.52. The first-order valence-electron chi connectivity index (χ1n) is 8.76. The first kappa shape index (κ1) is 21.8. The first-order valence-corrected chi connectivity index (χ1v) is 9.58. The van der Waals surface area contributed by atoms with E-state index in [0.29, 0.717) is 11.7 Å². The number of allylic oxidation sites excluding steroid dienone is 6. The molecule has 0 amide bonds. The molecule has 0 aromatic heterocycles. The van der Waals surface area contributed by atoms with Gasteiger partial charge in [0, 0.05) is 23.1 Å². The van der Waals surface area contributed by atoms with Crippen LogP contribution in [0.1, 0.15) is 40.0 Å². The Morgan fingerprint density at radius 2 is 2.04 bits per heavy atom. The second-order valence-corrected chi connectivity index (χ2v) is 7.66. The van der Waals surface area contributed by atoms with Gasteiger partial charge in [0.1, 0.15) is 12.0 Å². The molecule has 0 aromatic rings. The zero-order valence-electron chi connectivity index (χ0n) is 15.4. The van der Waals surface area contributed by atoms with Gasteiger partial charge in [-0.05, 0) is 51.8 Å². The molecule has 0 aromatic carbocycles. The third kappa shape index (κ3) is 9.12. The minimum atomic E-state index is -1.08. The first-order chi connectivity index (χ1) is 11.8. The smallest absolute Gasteiger partial charge is 0.116 e. The lowest BCUT2D eigenvalue weighted by Gasteiger charge is -2.26. The van der Waals surface area contributed by atoms with Gasteiger partial charge in [-0.2, -0.15) is 0 Å². The van der Waals surface area contributed by atoms with Crippen LogP contribution in [-0.4, -0.2) is 25.3 Å². The number of halogens is 2. The van der Waals surface area contributed by atoms with Crippen LogP contribution in [0.15, 0.2) is 46.3 Å². The molecule has 0 radical (unpaired) electrons. The molecule has 1 saturated heterocycles. The van der Waals surface area contributed by atoms with Crippen LogP contribution in [0.25, 0.3) is 0 Å². The van der Waals surface area contributed by atoms with Gasteiger partial charge >= 0.3 is 0 Å². The van der Waals surface area contributed by atoms with Gasteiger partial charge in [-0.3, -0.25) is 0 Å². The highest BCUT2D eigenvalue weighted by atomic mass is 32.2. The number of thioether (sulfide) groups is 1. The van der Waals surface area contributed by atoms with Gasteiger partial charge in [-0.25, -0.2) is 8.78 Å². The number of nitrogens with one attached hydrogen (secondary N) is 2. The van der Waals surface area contributed by atoms with Crippen molar-refractivity contribution in [3.8, 4) is 0 Å². The van der Waals surface area contributed by atoms with Crippen molar-refractivity contribution in [2.75, 3.05) is 13.1 Å². The highest BCUT2D eigenvalue weighted by Crippen LogP contribution is 2.34. The average molecular weight is 372 g/mol. The second kappa shape index (κ2) is 11.4. The van der Waals surface area contributed by atoms with Gasteiger partial charge in [0.05, 0.1) is 5.03 Å². The van der Waals surface area contributed by atoms with Gasteiger partial charge in [-0.1, -0.05) is 37.4 Å². The monoisotopic (exact) mass is 371 g/mol. The fraction of sp³-hybridized carbons (Fsp3) is 0.579. The third-order valence-electron chi connectivity index (χ3n) is 3.93. The largest absolute Gasteiger partial charge is 0.402 e. The Balaban J connectivity index is 2.60. The summed E-state index contributed by atoms with van der Waals surface area (Å²) in [5.74, 6) is -0.366. The molecule has 1 aliphatic heterocycles. The van der Waals surface area contributed by atoms with E-state index in [1.54, 1.807) is 0 Å². The predicted molar refractivity (Wildman–Crippen MR) is 105 cm³/mol. The molecule has 25 heavy (non-hydrogen) atoms. The van der Waals surface area contributed by atoms with Crippen LogP contribution in [0.3, 0.4) is 0 Å². The van der Waals surface area contributed by atoms with Crippen molar-refractivity contribution >= 4 is 11.8 Å². The van der Waals surface area contributed by atoms with Crippen LogP contribution in [0.2, 0.25) is 0 Å². The maximum Gasteiger partial charge on any atom is 0.116 e. The molecule has 4 N–H and O–H groups in total. The van der Waals surface area contributed by atoms with Crippen molar-refractivity contribution in [1.29, 1.82) is 0 Å². The van der Waals surface area contributed by atoms with Crippen LogP contribution in [0.5, 0.6) is 0 Å². The lowest BCUT2D eigenvalue weighted by atomic mass is 10.1. The van der Waals surface area contributed by atoms with E-state index in [4.69, 9.17) is 5.73 Å². The van der Waals surface area contributed by atoms with Gasteiger partial charge in [0.15, 0.2) is 0 Å². The third-order valence-corrected chi connectivity index (χ3v) is 5.24. The number of hydrogen-bond donors (Lipinski definition) is 3. The lowest BCUT2D eigenvalue weighted by Crippen LogP contribution is -2.38. The zero-order valence-corrected chi connectivity index (χ0v) is 16.3. The minimum absolute atomic E-state index is 0.0750. The molecule has 6 heteroatoms. The quantitative estimate of drug-likeness (QED) is 0.522. The normalized spacial score (nSPS) is 20.3. The molecular formula is C19H31F2N3S. The summed E-state index contributed by atoms with van der Waals surface area (Å²) >= 11 is 1.48. The highest BCUT2D eigenvalue weighted by molar-refractivity contribution is 8.06. The van der Waals surface area contributed by atoms with Crippen LogP contribution in [0.4, 0.5) is 8.78 Å². The van der Waals surface area contributed by atoms with Crippen molar-refractivity contribution in [2.45, 2.75) is 52.2 Å². The molecule has 1 heterocycles. The Morgan fingerprint density at radius 1 is 1.40 bits per heavy atom. The lowest BCUT2D eigenvalue weighted by molar-refractivity contribution is 0.418. The molecule has 2 unspecified atom stereocenters. The van der Waals surface area contributed by atoms with E-state index in [-0.39, 0.29) is 18.2 Å². The number of hydrogen-bond acceptors (Lipinski definition) is 4. The fourth-order valence-electron chi connectivity index (χ4n) is 2.69. The summed E-state index contributed by atoms with van der Waals surface area (Å²) in [6.07, 6.45) is 5.30. The van der Waals surface area contributed by atoms with Gasteiger partial charge < -0.3 is 16.4 Å². The van der Waals surface area contributed by atoms with Crippen LogP contribution in [-0.2, 0) is 0 Å². The highest BCUT2D eigenvalue weighted by Gasteiger charge is 2.18. The minimum Gasteiger partial charge on any atom is -0.402 e. The van der Waals surface area contributed by atoms with Crippen molar-refractivity contribution < 1.29 is 8.78 Å². The van der Waals surface area contributed by atoms with E-state index in [2.05, 4.69) is 17.2 Å². The molecule has 0 saturated carbocycles. The summed E-state index contributed by atoms with van der Waals surface area (Å²) in [7, 11) is 0. The van der Waals surface area contributed by atoms with E-state index >= 15 is 0 Å². The Morgan fingerprint density at radius 3 is 2.60 bits per heavy atom. The van der Waals surface area contributed by atoms with Gasteiger partial charge in [0.2, 0.25) is 0 Å². The van der Waals surface area contributed by atoms with Crippen molar-refractivity contribution in [2.24, 2.45) is 11.7 Å². The maximum absolute atomic E-state index is 14.0. The van der Waals surface area contributed by atoms with Crippen LogP contribution in [0, 0.1) is 5.92 Å². The average Bonchev–Trinajstić information content (AvgIpc) is 2.52. The molecule has 1 aliphatic rings. The molecule has 0 aliphatic carbocycles.